The summed E-state index contributed by atoms with van der Waals surface area (Å²) in [5.41, 5.74) is -0.126. The minimum atomic E-state index is -1.14. The number of carboxylic acids is 1. The highest BCUT2D eigenvalue weighted by Gasteiger charge is 2.33. The van der Waals surface area contributed by atoms with Crippen LogP contribution >= 0.6 is 22.7 Å². The van der Waals surface area contributed by atoms with Gasteiger partial charge in [0.2, 0.25) is 0 Å². The van der Waals surface area contributed by atoms with E-state index < -0.39 is 5.97 Å². The van der Waals surface area contributed by atoms with Crippen LogP contribution in [0, 0.1) is 0 Å². The molecule has 2 heterocycles. The molecule has 3 rings (SSSR count). The number of hydrogen-bond acceptors (Lipinski definition) is 6. The van der Waals surface area contributed by atoms with Gasteiger partial charge in [-0.3, -0.25) is 4.79 Å². The maximum atomic E-state index is 11.6. The third kappa shape index (κ3) is 2.98. The summed E-state index contributed by atoms with van der Waals surface area (Å²) in [4.78, 5) is 30.6. The van der Waals surface area contributed by atoms with Gasteiger partial charge in [0.25, 0.3) is 0 Å². The van der Waals surface area contributed by atoms with Crippen molar-refractivity contribution in [3.63, 3.8) is 0 Å². The van der Waals surface area contributed by atoms with Gasteiger partial charge in [-0.1, -0.05) is 17.4 Å². The van der Waals surface area contributed by atoms with Gasteiger partial charge < -0.3 is 10.0 Å². The van der Waals surface area contributed by atoms with Crippen LogP contribution in [0.25, 0.3) is 0 Å². The lowest BCUT2D eigenvalue weighted by molar-refractivity contribution is 0.0687. The van der Waals surface area contributed by atoms with Gasteiger partial charge in [-0.15, -0.1) is 11.3 Å². The van der Waals surface area contributed by atoms with E-state index in [0.29, 0.717) is 17.7 Å². The number of Topliss-reactive ketones (excluding diaryl/α,β-unsaturated/α-hetero) is 1. The van der Waals surface area contributed by atoms with E-state index in [9.17, 15) is 14.7 Å². The van der Waals surface area contributed by atoms with Crippen molar-refractivity contribution in [1.82, 2.24) is 4.98 Å². The topological polar surface area (TPSA) is 70.5 Å². The fourth-order valence-corrected chi connectivity index (χ4v) is 3.85. The summed E-state index contributed by atoms with van der Waals surface area (Å²) in [5.74, 6) is -1.39. The van der Waals surface area contributed by atoms with Crippen LogP contribution < -0.4 is 4.90 Å². The molecule has 0 radical (unpaired) electrons. The zero-order valence-corrected chi connectivity index (χ0v) is 13.0. The molecule has 0 aliphatic heterocycles. The molecule has 2 aromatic heterocycles. The van der Waals surface area contributed by atoms with Crippen molar-refractivity contribution < 1.29 is 14.7 Å². The summed E-state index contributed by atoms with van der Waals surface area (Å²) in [7, 11) is 0. The Bertz CT molecular complexity index is 643. The Labute approximate surface area is 129 Å². The normalized spacial score (nSPS) is 14.1. The second-order valence-electron chi connectivity index (χ2n) is 4.97. The first kappa shape index (κ1) is 14.2. The molecule has 1 fully saturated rings. The Balaban J connectivity index is 1.94. The summed E-state index contributed by atoms with van der Waals surface area (Å²) in [6.07, 6.45) is 2.17. The zero-order chi connectivity index (χ0) is 15.0. The Morgan fingerprint density at radius 3 is 2.71 bits per heavy atom. The Kier molecular flexibility index (Phi) is 3.77. The van der Waals surface area contributed by atoms with Crippen LogP contribution in [0.3, 0.4) is 0 Å². The van der Waals surface area contributed by atoms with Crippen LogP contribution in [-0.2, 0) is 6.54 Å². The summed E-state index contributed by atoms with van der Waals surface area (Å²) in [5, 5.41) is 11.8. The van der Waals surface area contributed by atoms with Crippen LogP contribution in [0.4, 0.5) is 5.13 Å². The molecule has 1 aliphatic rings. The first-order valence-electron chi connectivity index (χ1n) is 6.60. The molecule has 0 spiro atoms. The van der Waals surface area contributed by atoms with Crippen LogP contribution in [0.1, 0.15) is 44.8 Å². The van der Waals surface area contributed by atoms with Crippen molar-refractivity contribution in [3.8, 4) is 0 Å². The Morgan fingerprint density at radius 1 is 1.48 bits per heavy atom. The molecule has 21 heavy (non-hydrogen) atoms. The molecule has 1 N–H and O–H groups in total. The first-order valence-corrected chi connectivity index (χ1v) is 8.30. The second-order valence-corrected chi connectivity index (χ2v) is 6.98. The van der Waals surface area contributed by atoms with Gasteiger partial charge >= 0.3 is 5.97 Å². The molecule has 0 unspecified atom stereocenters. The molecule has 0 bridgehead atoms. The number of rotatable bonds is 6. The fraction of sp³-hybridized carbons (Fsp3) is 0.357. The predicted molar refractivity (Wildman–Crippen MR) is 82.6 cm³/mol. The van der Waals surface area contributed by atoms with Crippen LogP contribution in [-0.4, -0.2) is 27.9 Å². The van der Waals surface area contributed by atoms with E-state index in [4.69, 9.17) is 0 Å². The summed E-state index contributed by atoms with van der Waals surface area (Å²) in [6.45, 7) is 2.09. The van der Waals surface area contributed by atoms with E-state index in [1.54, 1.807) is 11.3 Å². The monoisotopic (exact) mass is 322 g/mol. The van der Waals surface area contributed by atoms with E-state index in [1.807, 2.05) is 11.4 Å². The molecule has 0 saturated heterocycles. The van der Waals surface area contributed by atoms with Crippen molar-refractivity contribution in [2.45, 2.75) is 32.4 Å². The number of hydrogen-bond donors (Lipinski definition) is 1. The summed E-state index contributed by atoms with van der Waals surface area (Å²) >= 11 is 2.85. The lowest BCUT2D eigenvalue weighted by atomic mass is 10.3. The molecular weight excluding hydrogens is 308 g/mol. The van der Waals surface area contributed by atoms with E-state index in [2.05, 4.69) is 16.0 Å². The average molecular weight is 322 g/mol. The van der Waals surface area contributed by atoms with Crippen molar-refractivity contribution in [1.29, 1.82) is 0 Å². The molecule has 0 aromatic carbocycles. The molecule has 0 atom stereocenters. The Morgan fingerprint density at radius 2 is 2.24 bits per heavy atom. The molecule has 1 saturated carbocycles. The highest BCUT2D eigenvalue weighted by Crippen LogP contribution is 2.37. The standard InChI is InChI=1S/C14H14N2O3S2/c1-8(17)12-11(13(18)19)15-14(21-12)16(9-4-5-9)7-10-3-2-6-20-10/h2-3,6,9H,4-5,7H2,1H3,(H,18,19). The largest absolute Gasteiger partial charge is 0.476 e. The molecule has 1 aliphatic carbocycles. The van der Waals surface area contributed by atoms with E-state index in [-0.39, 0.29) is 16.4 Å². The number of carbonyl (C=O) groups is 2. The van der Waals surface area contributed by atoms with Crippen molar-refractivity contribution in [3.05, 3.63) is 33.0 Å². The lowest BCUT2D eigenvalue weighted by Crippen LogP contribution is -2.24. The summed E-state index contributed by atoms with van der Waals surface area (Å²) < 4.78 is 0. The average Bonchev–Trinajstić information content (AvgIpc) is 2.97. The third-order valence-corrected chi connectivity index (χ3v) is 5.33. The first-order chi connectivity index (χ1) is 10.1. The number of ketones is 1. The third-order valence-electron chi connectivity index (χ3n) is 3.28. The van der Waals surface area contributed by atoms with Gasteiger partial charge in [0.15, 0.2) is 16.6 Å². The van der Waals surface area contributed by atoms with Gasteiger partial charge in [-0.2, -0.15) is 0 Å². The van der Waals surface area contributed by atoms with Crippen LogP contribution in [0.2, 0.25) is 0 Å². The number of aromatic carboxylic acids is 1. The molecule has 110 valence electrons. The van der Waals surface area contributed by atoms with Crippen molar-refractivity contribution in [2.75, 3.05) is 4.90 Å². The van der Waals surface area contributed by atoms with E-state index in [0.717, 1.165) is 12.8 Å². The van der Waals surface area contributed by atoms with E-state index >= 15 is 0 Å². The van der Waals surface area contributed by atoms with Crippen LogP contribution in [0.5, 0.6) is 0 Å². The highest BCUT2D eigenvalue weighted by molar-refractivity contribution is 7.17. The van der Waals surface area contributed by atoms with Gasteiger partial charge in [-0.25, -0.2) is 9.78 Å². The molecule has 7 heteroatoms. The number of nitrogens with zero attached hydrogens (tertiary/aromatic N) is 2. The van der Waals surface area contributed by atoms with Gasteiger partial charge in [0, 0.05) is 17.8 Å². The number of anilines is 1. The maximum absolute atomic E-state index is 11.6. The highest BCUT2D eigenvalue weighted by atomic mass is 32.1. The van der Waals surface area contributed by atoms with Crippen molar-refractivity contribution in [2.24, 2.45) is 0 Å². The maximum Gasteiger partial charge on any atom is 0.356 e. The van der Waals surface area contributed by atoms with Gasteiger partial charge in [-0.05, 0) is 24.3 Å². The quantitative estimate of drug-likeness (QED) is 0.827. The fourth-order valence-electron chi connectivity index (χ4n) is 2.12. The predicted octanol–water partition coefficient (Wildman–Crippen LogP) is 3.27. The van der Waals surface area contributed by atoms with E-state index in [1.165, 1.54) is 23.1 Å². The SMILES string of the molecule is CC(=O)c1sc(N(Cc2cccs2)C2CC2)nc1C(=O)O. The molecular formula is C14H14N2O3S2. The number of carbonyl (C=O) groups excluding carboxylic acids is 1. The second kappa shape index (κ2) is 5.57. The minimum Gasteiger partial charge on any atom is -0.476 e. The van der Waals surface area contributed by atoms with Crippen LogP contribution in [0.15, 0.2) is 17.5 Å². The lowest BCUT2D eigenvalue weighted by Gasteiger charge is -2.20. The minimum absolute atomic E-state index is 0.126. The smallest absolute Gasteiger partial charge is 0.356 e. The number of aromatic nitrogens is 1. The van der Waals surface area contributed by atoms with Gasteiger partial charge in [0.05, 0.1) is 6.54 Å². The molecule has 2 aromatic rings. The molecule has 5 nitrogen and oxygen atoms in total. The zero-order valence-electron chi connectivity index (χ0n) is 11.4. The number of thiophene rings is 1. The number of carboxylic acid groups (broad SMARTS) is 1. The number of thiazole rings is 1. The van der Waals surface area contributed by atoms with Gasteiger partial charge in [0.1, 0.15) is 4.88 Å². The summed E-state index contributed by atoms with van der Waals surface area (Å²) in [6, 6.07) is 4.45. The van der Waals surface area contributed by atoms with Crippen molar-refractivity contribution >= 4 is 39.6 Å². The molecule has 0 amide bonds. The Hall–Kier alpha value is -1.73.